The second-order valence-electron chi connectivity index (χ2n) is 16.4. The van der Waals surface area contributed by atoms with Crippen LogP contribution in [0.25, 0.3) is 87.2 Å². The highest BCUT2D eigenvalue weighted by molar-refractivity contribution is 6.12. The fraction of sp³-hybridized carbons (Fsp3) is 0.161. The van der Waals surface area contributed by atoms with Gasteiger partial charge in [-0.05, 0) is 69.3 Å². The van der Waals surface area contributed by atoms with E-state index >= 15 is 0 Å². The molecule has 0 radical (unpaired) electrons. The first kappa shape index (κ1) is 44.8. The highest BCUT2D eigenvalue weighted by atomic mass is 16.3. The van der Waals surface area contributed by atoms with Crippen LogP contribution in [0.4, 0.5) is 0 Å². The number of aromatic nitrogens is 8. The number of aliphatic hydroxyl groups excluding tert-OH is 1. The van der Waals surface area contributed by atoms with Crippen LogP contribution in [0.15, 0.2) is 146 Å². The Morgan fingerprint density at radius 1 is 0.485 bits per heavy atom. The van der Waals surface area contributed by atoms with E-state index in [0.717, 1.165) is 80.7 Å². The molecule has 0 unspecified atom stereocenters. The van der Waals surface area contributed by atoms with Gasteiger partial charge in [-0.1, -0.05) is 72.8 Å². The number of hydrogen-bond donors (Lipinski definition) is 2. The summed E-state index contributed by atoms with van der Waals surface area (Å²) >= 11 is 0. The summed E-state index contributed by atoms with van der Waals surface area (Å²) in [5.41, 5.74) is 11.2. The Hall–Kier alpha value is -8.35. The molecule has 0 amide bonds. The van der Waals surface area contributed by atoms with Gasteiger partial charge < -0.3 is 23.8 Å². The standard InChI is InChI=1S/C15H14N2O.C14H14N2O.C14H12N2O.C13H10N2O/c1-3-17-14-7-5-4-6-11(14)12-8-13(10(2)18)16-9-15(12)17;2*1-2-16-13-6-4-3-5-11(13)12-7-10(9-17)15-8-14(12)16;1-8(16)12-6-10-9-4-2-3-5-11(9)15-13(10)7-14-12/h4-9H,3H2,1-2H3;3-8,17H,2,9H2,1H3;3-9H,2H2,1H3;2-7,15H,1H3. The van der Waals surface area contributed by atoms with Gasteiger partial charge in [0, 0.05) is 98.6 Å². The van der Waals surface area contributed by atoms with Crippen LogP contribution in [-0.2, 0) is 26.2 Å². The van der Waals surface area contributed by atoms with Crippen molar-refractivity contribution in [2.75, 3.05) is 0 Å². The SMILES string of the molecule is CC(=O)c1cc2c(cn1)[nH]c1ccccc12.CCn1c2ccccc2c2cc(C(C)=O)ncc21.CCn1c2ccccc2c2cc(C=O)ncc21.CCn1c2ccccc2c2cc(CO)ncc21. The van der Waals surface area contributed by atoms with Gasteiger partial charge in [0.25, 0.3) is 0 Å². The van der Waals surface area contributed by atoms with Crippen molar-refractivity contribution in [2.24, 2.45) is 0 Å². The topological polar surface area (TPSA) is 154 Å². The van der Waals surface area contributed by atoms with E-state index < -0.39 is 0 Å². The summed E-state index contributed by atoms with van der Waals surface area (Å²) in [5.74, 6) is -0.00240. The van der Waals surface area contributed by atoms with Gasteiger partial charge >= 0.3 is 0 Å². The smallest absolute Gasteiger partial charge is 0.178 e. The predicted octanol–water partition coefficient (Wildman–Crippen LogP) is 12.1. The number of Topliss-reactive ketones (excluding diaryl/α,β-unsaturated/α-hetero) is 2. The first-order valence-corrected chi connectivity index (χ1v) is 22.7. The van der Waals surface area contributed by atoms with E-state index in [0.29, 0.717) is 17.1 Å². The Labute approximate surface area is 391 Å². The number of aromatic amines is 1. The lowest BCUT2D eigenvalue weighted by molar-refractivity contribution is 0.100. The molecule has 0 aliphatic heterocycles. The van der Waals surface area contributed by atoms with Crippen molar-refractivity contribution in [3.8, 4) is 0 Å². The predicted molar refractivity (Wildman–Crippen MR) is 274 cm³/mol. The molecular weight excluding hydrogens is 849 g/mol. The first-order valence-electron chi connectivity index (χ1n) is 22.7. The molecule has 0 bridgehead atoms. The number of aliphatic hydroxyl groups is 1. The quantitative estimate of drug-likeness (QED) is 0.118. The Bertz CT molecular complexity index is 3860. The van der Waals surface area contributed by atoms with Crippen molar-refractivity contribution in [1.29, 1.82) is 0 Å². The molecule has 12 nitrogen and oxygen atoms in total. The molecule has 0 atom stereocenters. The zero-order valence-electron chi connectivity index (χ0n) is 38.6. The third-order valence-corrected chi connectivity index (χ3v) is 12.4. The lowest BCUT2D eigenvalue weighted by Crippen LogP contribution is -1.97. The van der Waals surface area contributed by atoms with Crippen LogP contribution in [0, 0.1) is 0 Å². The number of benzene rings is 4. The number of ketones is 2. The van der Waals surface area contributed by atoms with Gasteiger partial charge in [-0.3, -0.25) is 34.3 Å². The van der Waals surface area contributed by atoms with Crippen LogP contribution < -0.4 is 0 Å². The number of carbonyl (C=O) groups excluding carboxylic acids is 3. The maximum atomic E-state index is 11.4. The monoisotopic (exact) mass is 898 g/mol. The second kappa shape index (κ2) is 19.2. The van der Waals surface area contributed by atoms with Gasteiger partial charge in [-0.25, -0.2) is 0 Å². The fourth-order valence-corrected chi connectivity index (χ4v) is 9.20. The average Bonchev–Trinajstić information content (AvgIpc) is 4.11. The van der Waals surface area contributed by atoms with E-state index in [1.807, 2.05) is 91.1 Å². The van der Waals surface area contributed by atoms with Gasteiger partial charge in [0.15, 0.2) is 17.9 Å². The lowest BCUT2D eigenvalue weighted by atomic mass is 10.1. The Balaban J connectivity index is 0.000000113. The van der Waals surface area contributed by atoms with Crippen LogP contribution in [0.1, 0.15) is 71.8 Å². The molecule has 4 aromatic carbocycles. The minimum atomic E-state index is -0.0123. The minimum Gasteiger partial charge on any atom is -0.390 e. The van der Waals surface area contributed by atoms with Crippen molar-refractivity contribution in [3.05, 3.63) is 169 Å². The number of nitrogens with one attached hydrogen (secondary N) is 1. The van der Waals surface area contributed by atoms with Crippen molar-refractivity contribution in [2.45, 2.75) is 60.9 Å². The van der Waals surface area contributed by atoms with Crippen molar-refractivity contribution < 1.29 is 19.5 Å². The third kappa shape index (κ3) is 8.26. The molecule has 12 heteroatoms. The number of hydrogen-bond acceptors (Lipinski definition) is 8. The van der Waals surface area contributed by atoms with E-state index in [9.17, 15) is 14.4 Å². The summed E-state index contributed by atoms with van der Waals surface area (Å²) in [6, 6.07) is 40.4. The number of carbonyl (C=O) groups is 3. The molecule has 2 N–H and O–H groups in total. The summed E-state index contributed by atoms with van der Waals surface area (Å²) in [6.07, 6.45) is 7.94. The first-order chi connectivity index (χ1) is 33.2. The molecule has 0 saturated carbocycles. The van der Waals surface area contributed by atoms with Crippen LogP contribution in [0.3, 0.4) is 0 Å². The summed E-state index contributed by atoms with van der Waals surface area (Å²) in [4.78, 5) is 53.5. The molecule has 8 aromatic heterocycles. The molecule has 8 heterocycles. The highest BCUT2D eigenvalue weighted by Gasteiger charge is 2.14. The lowest BCUT2D eigenvalue weighted by Gasteiger charge is -2.02. The van der Waals surface area contributed by atoms with Crippen molar-refractivity contribution in [1.82, 2.24) is 38.6 Å². The highest BCUT2D eigenvalue weighted by Crippen LogP contribution is 2.31. The zero-order valence-corrected chi connectivity index (χ0v) is 38.6. The largest absolute Gasteiger partial charge is 0.390 e. The Morgan fingerprint density at radius 3 is 1.41 bits per heavy atom. The van der Waals surface area contributed by atoms with Gasteiger partial charge in [0.2, 0.25) is 0 Å². The van der Waals surface area contributed by atoms with E-state index in [1.165, 1.54) is 45.0 Å². The molecule has 0 saturated heterocycles. The molecule has 0 fully saturated rings. The molecular formula is C56H50N8O4. The normalized spacial score (nSPS) is 11.2. The molecule has 338 valence electrons. The van der Waals surface area contributed by atoms with E-state index in [2.05, 4.69) is 95.8 Å². The number of H-pyrrole nitrogens is 1. The molecule has 0 spiro atoms. The minimum absolute atomic E-state index is 0.00484. The molecule has 0 aliphatic rings. The number of nitrogens with zero attached hydrogens (tertiary/aromatic N) is 7. The molecule has 0 aliphatic carbocycles. The summed E-state index contributed by atoms with van der Waals surface area (Å²) in [6.45, 7) is 12.1. The Morgan fingerprint density at radius 2 is 0.912 bits per heavy atom. The van der Waals surface area contributed by atoms with E-state index in [1.54, 1.807) is 25.5 Å². The average molecular weight is 899 g/mol. The Kier molecular flexibility index (Phi) is 12.7. The van der Waals surface area contributed by atoms with Crippen LogP contribution in [0.5, 0.6) is 0 Å². The fourth-order valence-electron chi connectivity index (χ4n) is 9.20. The van der Waals surface area contributed by atoms with E-state index in [4.69, 9.17) is 5.11 Å². The number of aryl methyl sites for hydroxylation is 3. The van der Waals surface area contributed by atoms with Gasteiger partial charge in [0.05, 0.1) is 59.2 Å². The van der Waals surface area contributed by atoms with Gasteiger partial charge in [-0.15, -0.1) is 0 Å². The summed E-state index contributed by atoms with van der Waals surface area (Å²) in [7, 11) is 0. The number of para-hydroxylation sites is 4. The zero-order chi connectivity index (χ0) is 47.5. The molecule has 12 aromatic rings. The van der Waals surface area contributed by atoms with Crippen LogP contribution >= 0.6 is 0 Å². The van der Waals surface area contributed by atoms with Crippen molar-refractivity contribution in [3.63, 3.8) is 0 Å². The van der Waals surface area contributed by atoms with Crippen LogP contribution in [-0.4, -0.2) is 61.6 Å². The molecule has 68 heavy (non-hydrogen) atoms. The maximum Gasteiger partial charge on any atom is 0.178 e. The third-order valence-electron chi connectivity index (χ3n) is 12.4. The van der Waals surface area contributed by atoms with Gasteiger partial charge in [0.1, 0.15) is 17.1 Å². The van der Waals surface area contributed by atoms with E-state index in [-0.39, 0.29) is 18.2 Å². The second-order valence-corrected chi connectivity index (χ2v) is 16.4. The van der Waals surface area contributed by atoms with Crippen LogP contribution in [0.2, 0.25) is 0 Å². The number of aldehydes is 1. The van der Waals surface area contributed by atoms with Crippen molar-refractivity contribution >= 4 is 105 Å². The maximum absolute atomic E-state index is 11.4. The summed E-state index contributed by atoms with van der Waals surface area (Å²) in [5, 5.41) is 18.3. The summed E-state index contributed by atoms with van der Waals surface area (Å²) < 4.78 is 6.69. The van der Waals surface area contributed by atoms with Gasteiger partial charge in [-0.2, -0.15) is 0 Å². The number of rotatable bonds is 7. The molecule has 12 rings (SSSR count). The number of pyridine rings is 4. The number of fused-ring (bicyclic) bond motifs is 12.